The van der Waals surface area contributed by atoms with Gasteiger partial charge in [-0.1, -0.05) is 20.3 Å². The summed E-state index contributed by atoms with van der Waals surface area (Å²) in [5.74, 6) is -1.46. The van der Waals surface area contributed by atoms with Gasteiger partial charge in [0.15, 0.2) is 0 Å². The van der Waals surface area contributed by atoms with Gasteiger partial charge in [-0.2, -0.15) is 0 Å². The molecule has 106 valence electrons. The summed E-state index contributed by atoms with van der Waals surface area (Å²) in [5, 5.41) is 14.2. The lowest BCUT2D eigenvalue weighted by Crippen LogP contribution is -2.45. The summed E-state index contributed by atoms with van der Waals surface area (Å²) in [7, 11) is 0. The lowest BCUT2D eigenvalue weighted by atomic mass is 9.99. The van der Waals surface area contributed by atoms with Gasteiger partial charge in [-0.05, 0) is 5.92 Å². The molecule has 0 aliphatic carbocycles. The molecule has 2 unspecified atom stereocenters. The van der Waals surface area contributed by atoms with Crippen LogP contribution in [0.2, 0.25) is 0 Å². The van der Waals surface area contributed by atoms with Gasteiger partial charge >= 0.3 is 5.97 Å². The van der Waals surface area contributed by atoms with Crippen LogP contribution in [-0.4, -0.2) is 28.0 Å². The maximum atomic E-state index is 11.8. The Morgan fingerprint density at radius 1 is 1.58 bits per heavy atom. The molecule has 0 radical (unpaired) electrons. The Labute approximate surface area is 116 Å². The normalized spacial score (nSPS) is 13.8. The molecule has 19 heavy (non-hydrogen) atoms. The molecule has 1 amide bonds. The smallest absolute Gasteiger partial charge is 0.326 e. The van der Waals surface area contributed by atoms with Crippen molar-refractivity contribution in [1.29, 1.82) is 0 Å². The van der Waals surface area contributed by atoms with Crippen LogP contribution >= 0.6 is 11.3 Å². The van der Waals surface area contributed by atoms with Gasteiger partial charge in [0.1, 0.15) is 11.0 Å². The zero-order valence-electron chi connectivity index (χ0n) is 11.0. The standard InChI is InChI=1S/C12H19N3O3S/c1-3-7(2)11(12(17)18)15-9(16)4-8-6-19-10(5-13)14-8/h6-7,11H,3-5,13H2,1-2H3,(H,15,16)(H,17,18). The molecule has 1 rings (SSSR count). The largest absolute Gasteiger partial charge is 0.480 e. The number of thiazole rings is 1. The molecule has 6 nitrogen and oxygen atoms in total. The maximum absolute atomic E-state index is 11.8. The van der Waals surface area contributed by atoms with Crippen molar-refractivity contribution < 1.29 is 14.7 Å². The molecule has 0 aromatic carbocycles. The second-order valence-corrected chi connectivity index (χ2v) is 5.33. The van der Waals surface area contributed by atoms with Crippen molar-refractivity contribution in [3.8, 4) is 0 Å². The van der Waals surface area contributed by atoms with E-state index in [0.29, 0.717) is 18.7 Å². The Balaban J connectivity index is 2.60. The highest BCUT2D eigenvalue weighted by Crippen LogP contribution is 2.11. The topological polar surface area (TPSA) is 105 Å². The number of aromatic nitrogens is 1. The van der Waals surface area contributed by atoms with E-state index >= 15 is 0 Å². The molecule has 0 saturated carbocycles. The Kier molecular flexibility index (Phi) is 5.91. The number of aliphatic carboxylic acids is 1. The maximum Gasteiger partial charge on any atom is 0.326 e. The molecule has 0 aliphatic heterocycles. The average molecular weight is 285 g/mol. The van der Waals surface area contributed by atoms with Crippen LogP contribution in [0.5, 0.6) is 0 Å². The summed E-state index contributed by atoms with van der Waals surface area (Å²) in [6, 6.07) is -0.856. The Bertz CT molecular complexity index is 447. The van der Waals surface area contributed by atoms with Crippen LogP contribution in [0.3, 0.4) is 0 Å². The molecule has 0 fully saturated rings. The first-order valence-corrected chi connectivity index (χ1v) is 7.01. The molecule has 4 N–H and O–H groups in total. The predicted molar refractivity (Wildman–Crippen MR) is 72.7 cm³/mol. The van der Waals surface area contributed by atoms with Crippen LogP contribution in [-0.2, 0) is 22.6 Å². The molecule has 1 heterocycles. The fraction of sp³-hybridized carbons (Fsp3) is 0.583. The van der Waals surface area contributed by atoms with Crippen LogP contribution in [0.15, 0.2) is 5.38 Å². The average Bonchev–Trinajstić information content (AvgIpc) is 2.82. The summed E-state index contributed by atoms with van der Waals surface area (Å²) in [6.07, 6.45) is 0.766. The minimum absolute atomic E-state index is 0.0801. The van der Waals surface area contributed by atoms with Gasteiger partial charge in [0.25, 0.3) is 0 Å². The summed E-state index contributed by atoms with van der Waals surface area (Å²) < 4.78 is 0. The molecule has 7 heteroatoms. The number of nitrogens with zero attached hydrogens (tertiary/aromatic N) is 1. The number of nitrogens with two attached hydrogens (primary N) is 1. The van der Waals surface area contributed by atoms with Crippen LogP contribution < -0.4 is 11.1 Å². The summed E-state index contributed by atoms with van der Waals surface area (Å²) in [4.78, 5) is 27.1. The van der Waals surface area contributed by atoms with Crippen LogP contribution in [0, 0.1) is 5.92 Å². The van der Waals surface area contributed by atoms with Crippen molar-refractivity contribution in [2.24, 2.45) is 11.7 Å². The summed E-state index contributed by atoms with van der Waals surface area (Å²) in [6.45, 7) is 4.03. The quantitative estimate of drug-likeness (QED) is 0.686. The highest BCUT2D eigenvalue weighted by molar-refractivity contribution is 7.09. The van der Waals surface area contributed by atoms with E-state index < -0.39 is 12.0 Å². The molecule has 0 saturated heterocycles. The van der Waals surface area contributed by atoms with Crippen molar-refractivity contribution in [2.75, 3.05) is 0 Å². The highest BCUT2D eigenvalue weighted by Gasteiger charge is 2.25. The second kappa shape index (κ2) is 7.20. The van der Waals surface area contributed by atoms with Crippen LogP contribution in [0.4, 0.5) is 0 Å². The molecule has 0 bridgehead atoms. The SMILES string of the molecule is CCC(C)C(NC(=O)Cc1csc(CN)n1)C(=O)O. The number of carbonyl (C=O) groups is 2. The Morgan fingerprint density at radius 3 is 2.74 bits per heavy atom. The summed E-state index contributed by atoms with van der Waals surface area (Å²) in [5.41, 5.74) is 6.06. The summed E-state index contributed by atoms with van der Waals surface area (Å²) >= 11 is 1.40. The first-order chi connectivity index (χ1) is 8.97. The first-order valence-electron chi connectivity index (χ1n) is 6.13. The monoisotopic (exact) mass is 285 g/mol. The number of carboxylic acid groups (broad SMARTS) is 1. The third-order valence-electron chi connectivity index (χ3n) is 2.91. The second-order valence-electron chi connectivity index (χ2n) is 4.38. The van der Waals surface area contributed by atoms with E-state index in [2.05, 4.69) is 10.3 Å². The number of nitrogens with one attached hydrogen (secondary N) is 1. The van der Waals surface area contributed by atoms with E-state index in [9.17, 15) is 9.59 Å². The predicted octanol–water partition coefficient (Wildman–Crippen LogP) is 0.760. The Morgan fingerprint density at radius 2 is 2.26 bits per heavy atom. The van der Waals surface area contributed by atoms with Crippen molar-refractivity contribution in [3.05, 3.63) is 16.1 Å². The van der Waals surface area contributed by atoms with Crippen molar-refractivity contribution in [2.45, 2.75) is 39.3 Å². The van der Waals surface area contributed by atoms with Crippen molar-refractivity contribution >= 4 is 23.2 Å². The van der Waals surface area contributed by atoms with Crippen LogP contribution in [0.1, 0.15) is 31.0 Å². The fourth-order valence-corrected chi connectivity index (χ4v) is 2.27. The number of carbonyl (C=O) groups excluding carboxylic acids is 1. The van der Waals surface area contributed by atoms with E-state index in [1.807, 2.05) is 6.92 Å². The first kappa shape index (κ1) is 15.6. The molecule has 0 aliphatic rings. The van der Waals surface area contributed by atoms with Gasteiger partial charge in [-0.15, -0.1) is 11.3 Å². The minimum Gasteiger partial charge on any atom is -0.480 e. The number of rotatable bonds is 7. The van der Waals surface area contributed by atoms with E-state index in [1.165, 1.54) is 11.3 Å². The van der Waals surface area contributed by atoms with Gasteiger partial charge in [0, 0.05) is 11.9 Å². The molecule has 1 aromatic rings. The van der Waals surface area contributed by atoms with Gasteiger partial charge < -0.3 is 16.2 Å². The highest BCUT2D eigenvalue weighted by atomic mass is 32.1. The molecule has 2 atom stereocenters. The minimum atomic E-state index is -1.01. The molecule has 0 spiro atoms. The third kappa shape index (κ3) is 4.60. The van der Waals surface area contributed by atoms with Gasteiger partial charge in [-0.25, -0.2) is 9.78 Å². The third-order valence-corrected chi connectivity index (χ3v) is 3.83. The van der Waals surface area contributed by atoms with E-state index in [1.54, 1.807) is 12.3 Å². The lowest BCUT2D eigenvalue weighted by molar-refractivity contribution is -0.143. The van der Waals surface area contributed by atoms with Gasteiger partial charge in [0.05, 0.1) is 12.1 Å². The molecule has 1 aromatic heterocycles. The number of hydrogen-bond donors (Lipinski definition) is 3. The van der Waals surface area contributed by atoms with E-state index in [4.69, 9.17) is 10.8 Å². The van der Waals surface area contributed by atoms with E-state index in [0.717, 1.165) is 5.01 Å². The van der Waals surface area contributed by atoms with Gasteiger partial charge in [0.2, 0.25) is 5.91 Å². The zero-order valence-corrected chi connectivity index (χ0v) is 11.9. The number of hydrogen-bond acceptors (Lipinski definition) is 5. The van der Waals surface area contributed by atoms with Crippen molar-refractivity contribution in [1.82, 2.24) is 10.3 Å². The number of amides is 1. The Hall–Kier alpha value is -1.47. The number of carboxylic acids is 1. The zero-order chi connectivity index (χ0) is 14.4. The molecular weight excluding hydrogens is 266 g/mol. The van der Waals surface area contributed by atoms with E-state index in [-0.39, 0.29) is 18.2 Å². The molecular formula is C12H19N3O3S. The lowest BCUT2D eigenvalue weighted by Gasteiger charge is -2.19. The van der Waals surface area contributed by atoms with Crippen molar-refractivity contribution in [3.63, 3.8) is 0 Å². The fourth-order valence-electron chi connectivity index (χ4n) is 1.60. The van der Waals surface area contributed by atoms with Gasteiger partial charge in [-0.3, -0.25) is 4.79 Å². The van der Waals surface area contributed by atoms with Crippen LogP contribution in [0.25, 0.3) is 0 Å².